The number of nitrogens with two attached hydrogens (primary N) is 2. The Morgan fingerprint density at radius 3 is 2.86 bits per heavy atom. The first-order valence-corrected chi connectivity index (χ1v) is 13.0. The van der Waals surface area contributed by atoms with Crippen LogP contribution in [0, 0.1) is 0 Å². The van der Waals surface area contributed by atoms with Crippen LogP contribution in [-0.2, 0) is 12.8 Å². The van der Waals surface area contributed by atoms with E-state index in [4.69, 9.17) is 21.6 Å². The van der Waals surface area contributed by atoms with Crippen LogP contribution in [0.25, 0.3) is 16.6 Å². The van der Waals surface area contributed by atoms with Gasteiger partial charge in [-0.15, -0.1) is 0 Å². The zero-order chi connectivity index (χ0) is 25.8. The predicted molar refractivity (Wildman–Crippen MR) is 151 cm³/mol. The predicted octanol–water partition coefficient (Wildman–Crippen LogP) is 3.97. The van der Waals surface area contributed by atoms with Crippen LogP contribution in [0.5, 0.6) is 5.75 Å². The molecule has 4 aromatic rings. The van der Waals surface area contributed by atoms with Crippen LogP contribution in [-0.4, -0.2) is 46.2 Å². The minimum absolute atomic E-state index is 0.222. The Bertz CT molecular complexity index is 1420. The molecule has 0 radical (unpaired) electrons. The molecule has 0 saturated carbocycles. The molecule has 0 bridgehead atoms. The van der Waals surface area contributed by atoms with Gasteiger partial charge in [0, 0.05) is 24.3 Å². The maximum atomic E-state index is 9.89. The first-order valence-electron chi connectivity index (χ1n) is 13.0. The number of aliphatic imine (C=N–C) groups is 1. The summed E-state index contributed by atoms with van der Waals surface area (Å²) < 4.78 is 1.90. The number of nitrogens with one attached hydrogen (secondary N) is 2. The normalized spacial score (nSPS) is 15.9. The minimum atomic E-state index is 0.222. The summed E-state index contributed by atoms with van der Waals surface area (Å²) in [4.78, 5) is 4.76. The molecule has 0 amide bonds. The van der Waals surface area contributed by atoms with Crippen LogP contribution in [0.15, 0.2) is 65.9 Å². The number of aromatic hydroxyl groups is 1. The van der Waals surface area contributed by atoms with Crippen molar-refractivity contribution >= 4 is 22.7 Å². The maximum absolute atomic E-state index is 9.89. The lowest BCUT2D eigenvalue weighted by Gasteiger charge is -2.17. The van der Waals surface area contributed by atoms with Gasteiger partial charge in [0.15, 0.2) is 0 Å². The fourth-order valence-electron chi connectivity index (χ4n) is 5.07. The van der Waals surface area contributed by atoms with Crippen molar-refractivity contribution < 1.29 is 5.11 Å². The molecule has 1 saturated heterocycles. The summed E-state index contributed by atoms with van der Waals surface area (Å²) in [6, 6.07) is 16.1. The highest BCUT2D eigenvalue weighted by molar-refractivity contribution is 6.06. The largest absolute Gasteiger partial charge is 0.508 e. The SMILES string of the molecule is CCc1cc(O)ccc1N=C(N)c1cnn2cc(-c3ccccc3CCN)cc2c1NC[C@H]1CCCN1. The molecule has 2 aromatic carbocycles. The van der Waals surface area contributed by atoms with E-state index in [0.717, 1.165) is 71.5 Å². The van der Waals surface area contributed by atoms with Crippen molar-refractivity contribution in [2.24, 2.45) is 16.5 Å². The van der Waals surface area contributed by atoms with Gasteiger partial charge in [-0.1, -0.05) is 31.2 Å². The molecule has 0 aliphatic carbocycles. The van der Waals surface area contributed by atoms with Crippen molar-refractivity contribution in [3.63, 3.8) is 0 Å². The fraction of sp³-hybridized carbons (Fsp3) is 0.310. The average molecular weight is 498 g/mol. The summed E-state index contributed by atoms with van der Waals surface area (Å²) in [5.41, 5.74) is 20.2. The molecule has 1 aliphatic rings. The summed E-state index contributed by atoms with van der Waals surface area (Å²) in [5.74, 6) is 0.600. The standard InChI is InChI=1S/C29H35N7O/c1-2-19-14-23(37)9-10-26(19)35-29(31)25-17-34-36-18-21(24-8-4-3-6-20(24)11-12-30)15-27(36)28(25)33-16-22-7-5-13-32-22/h3-4,6,8-10,14-15,17-18,22,32-33,37H,2,5,7,11-13,16,30H2,1H3,(H2,31,35)/t22-/m1/s1. The molecule has 1 aliphatic heterocycles. The second-order valence-corrected chi connectivity index (χ2v) is 9.53. The van der Waals surface area contributed by atoms with Crippen molar-refractivity contribution in [3.05, 3.63) is 77.6 Å². The van der Waals surface area contributed by atoms with E-state index in [2.05, 4.69) is 41.1 Å². The van der Waals surface area contributed by atoms with E-state index in [1.54, 1.807) is 24.4 Å². The summed E-state index contributed by atoms with van der Waals surface area (Å²) in [7, 11) is 0. The number of amidine groups is 1. The molecule has 2 aromatic heterocycles. The quantitative estimate of drug-likeness (QED) is 0.176. The number of benzene rings is 2. The van der Waals surface area contributed by atoms with Gasteiger partial charge in [0.25, 0.3) is 0 Å². The molecule has 8 nitrogen and oxygen atoms in total. The Labute approximate surface area is 217 Å². The molecular formula is C29H35N7O. The lowest BCUT2D eigenvalue weighted by Crippen LogP contribution is -2.30. The lowest BCUT2D eigenvalue weighted by molar-refractivity contribution is 0.474. The molecular weight excluding hydrogens is 462 g/mol. The van der Waals surface area contributed by atoms with Gasteiger partial charge in [-0.05, 0) is 79.7 Å². The highest BCUT2D eigenvalue weighted by atomic mass is 16.3. The number of aromatic nitrogens is 2. The molecule has 0 spiro atoms. The first-order chi connectivity index (χ1) is 18.1. The number of anilines is 1. The molecule has 0 unspecified atom stereocenters. The van der Waals surface area contributed by atoms with Gasteiger partial charge in [0.1, 0.15) is 11.6 Å². The van der Waals surface area contributed by atoms with E-state index < -0.39 is 0 Å². The fourth-order valence-corrected chi connectivity index (χ4v) is 5.07. The topological polar surface area (TPSA) is 126 Å². The van der Waals surface area contributed by atoms with Gasteiger partial charge < -0.3 is 27.2 Å². The zero-order valence-electron chi connectivity index (χ0n) is 21.2. The summed E-state index contributed by atoms with van der Waals surface area (Å²) in [5, 5.41) is 21.8. The highest BCUT2D eigenvalue weighted by Gasteiger charge is 2.19. The van der Waals surface area contributed by atoms with Crippen molar-refractivity contribution in [1.29, 1.82) is 0 Å². The van der Waals surface area contributed by atoms with E-state index in [0.29, 0.717) is 18.4 Å². The van der Waals surface area contributed by atoms with Gasteiger partial charge in [0.05, 0.1) is 28.7 Å². The number of fused-ring (bicyclic) bond motifs is 1. The van der Waals surface area contributed by atoms with Gasteiger partial charge in [-0.25, -0.2) is 9.51 Å². The van der Waals surface area contributed by atoms with Crippen molar-refractivity contribution in [2.45, 2.75) is 38.6 Å². The van der Waals surface area contributed by atoms with E-state index in [9.17, 15) is 5.11 Å². The van der Waals surface area contributed by atoms with Crippen LogP contribution < -0.4 is 22.1 Å². The number of hydrogen-bond donors (Lipinski definition) is 5. The Hall–Kier alpha value is -3.88. The third kappa shape index (κ3) is 5.30. The van der Waals surface area contributed by atoms with E-state index in [1.165, 1.54) is 12.0 Å². The summed E-state index contributed by atoms with van der Waals surface area (Å²) in [6.07, 6.45) is 7.70. The lowest BCUT2D eigenvalue weighted by atomic mass is 9.99. The van der Waals surface area contributed by atoms with E-state index in [1.807, 2.05) is 17.5 Å². The van der Waals surface area contributed by atoms with Gasteiger partial charge in [-0.3, -0.25) is 0 Å². The van der Waals surface area contributed by atoms with Crippen LogP contribution in [0.2, 0.25) is 0 Å². The van der Waals surface area contributed by atoms with Gasteiger partial charge in [-0.2, -0.15) is 5.10 Å². The summed E-state index contributed by atoms with van der Waals surface area (Å²) in [6.45, 7) is 4.45. The van der Waals surface area contributed by atoms with Crippen LogP contribution in [0.3, 0.4) is 0 Å². The van der Waals surface area contributed by atoms with Gasteiger partial charge in [0.2, 0.25) is 0 Å². The third-order valence-corrected chi connectivity index (χ3v) is 7.03. The second-order valence-electron chi connectivity index (χ2n) is 9.53. The number of phenols is 1. The Morgan fingerprint density at radius 2 is 2.08 bits per heavy atom. The molecule has 1 fully saturated rings. The Morgan fingerprint density at radius 1 is 1.22 bits per heavy atom. The number of rotatable bonds is 9. The van der Waals surface area contributed by atoms with Crippen LogP contribution >= 0.6 is 0 Å². The molecule has 7 N–H and O–H groups in total. The minimum Gasteiger partial charge on any atom is -0.508 e. The second kappa shape index (κ2) is 11.0. The molecule has 37 heavy (non-hydrogen) atoms. The molecule has 3 heterocycles. The third-order valence-electron chi connectivity index (χ3n) is 7.03. The highest BCUT2D eigenvalue weighted by Crippen LogP contribution is 2.32. The van der Waals surface area contributed by atoms with Crippen LogP contribution in [0.4, 0.5) is 11.4 Å². The van der Waals surface area contributed by atoms with E-state index >= 15 is 0 Å². The van der Waals surface area contributed by atoms with Crippen molar-refractivity contribution in [2.75, 3.05) is 25.0 Å². The van der Waals surface area contributed by atoms with Crippen molar-refractivity contribution in [1.82, 2.24) is 14.9 Å². The van der Waals surface area contributed by atoms with Crippen molar-refractivity contribution in [3.8, 4) is 16.9 Å². The smallest absolute Gasteiger partial charge is 0.135 e. The monoisotopic (exact) mass is 497 g/mol. The maximum Gasteiger partial charge on any atom is 0.135 e. The number of hydrogen-bond acceptors (Lipinski definition) is 6. The Balaban J connectivity index is 1.60. The molecule has 192 valence electrons. The van der Waals surface area contributed by atoms with Gasteiger partial charge >= 0.3 is 0 Å². The first kappa shape index (κ1) is 24.8. The average Bonchev–Trinajstić information content (AvgIpc) is 3.59. The zero-order valence-corrected chi connectivity index (χ0v) is 21.2. The Kier molecular flexibility index (Phi) is 7.39. The molecule has 8 heteroatoms. The number of aryl methyl sites for hydroxylation is 1. The number of phenolic OH excluding ortho intramolecular Hbond substituents is 1. The van der Waals surface area contributed by atoms with Crippen LogP contribution in [0.1, 0.15) is 36.5 Å². The van der Waals surface area contributed by atoms with E-state index in [-0.39, 0.29) is 5.75 Å². The number of nitrogens with zero attached hydrogens (tertiary/aromatic N) is 3. The molecule has 5 rings (SSSR count). The summed E-state index contributed by atoms with van der Waals surface area (Å²) >= 11 is 0. The molecule has 1 atom stereocenters.